The van der Waals surface area contributed by atoms with Crippen LogP contribution in [-0.4, -0.2) is 55.9 Å². The van der Waals surface area contributed by atoms with Crippen molar-refractivity contribution in [3.63, 3.8) is 0 Å². The summed E-state index contributed by atoms with van der Waals surface area (Å²) in [6.45, 7) is 0.662. The Morgan fingerprint density at radius 3 is 2.50 bits per heavy atom. The highest BCUT2D eigenvalue weighted by molar-refractivity contribution is 5.94. The van der Waals surface area contributed by atoms with Crippen LogP contribution in [0.4, 0.5) is 13.2 Å². The number of hydrogen-bond acceptors (Lipinski definition) is 4. The van der Waals surface area contributed by atoms with E-state index in [-0.39, 0.29) is 24.9 Å². The SMILES string of the molecule is COCCOc1ccc(C(=O)N2C[C@@H](N)CC[C@H]2C(F)(F)F)cc1. The summed E-state index contributed by atoms with van der Waals surface area (Å²) in [5.74, 6) is -0.151. The number of hydrogen-bond donors (Lipinski definition) is 1. The summed E-state index contributed by atoms with van der Waals surface area (Å²) in [5, 5.41) is 0. The maximum atomic E-state index is 13.2. The van der Waals surface area contributed by atoms with E-state index in [4.69, 9.17) is 15.2 Å². The van der Waals surface area contributed by atoms with Crippen LogP contribution in [-0.2, 0) is 4.74 Å². The Morgan fingerprint density at radius 2 is 1.92 bits per heavy atom. The second-order valence-corrected chi connectivity index (χ2v) is 5.72. The van der Waals surface area contributed by atoms with E-state index in [1.807, 2.05) is 0 Å². The number of likely N-dealkylation sites (tertiary alicyclic amines) is 1. The van der Waals surface area contributed by atoms with Gasteiger partial charge in [0.25, 0.3) is 5.91 Å². The van der Waals surface area contributed by atoms with Gasteiger partial charge < -0.3 is 20.1 Å². The van der Waals surface area contributed by atoms with E-state index in [0.29, 0.717) is 19.0 Å². The van der Waals surface area contributed by atoms with E-state index in [2.05, 4.69) is 0 Å². The highest BCUT2D eigenvalue weighted by Crippen LogP contribution is 2.32. The second-order valence-electron chi connectivity index (χ2n) is 5.72. The molecular weight excluding hydrogens is 325 g/mol. The lowest BCUT2D eigenvalue weighted by molar-refractivity contribution is -0.184. The quantitative estimate of drug-likeness (QED) is 0.830. The average Bonchev–Trinajstić information content (AvgIpc) is 2.54. The van der Waals surface area contributed by atoms with Gasteiger partial charge in [-0.05, 0) is 37.1 Å². The Kier molecular flexibility index (Phi) is 6.06. The van der Waals surface area contributed by atoms with Gasteiger partial charge in [0.05, 0.1) is 6.61 Å². The Hall–Kier alpha value is -1.80. The molecule has 1 aromatic carbocycles. The molecule has 134 valence electrons. The van der Waals surface area contributed by atoms with Crippen molar-refractivity contribution in [2.75, 3.05) is 26.9 Å². The highest BCUT2D eigenvalue weighted by atomic mass is 19.4. The Morgan fingerprint density at radius 1 is 1.25 bits per heavy atom. The topological polar surface area (TPSA) is 64.8 Å². The molecule has 0 bridgehead atoms. The first-order valence-electron chi connectivity index (χ1n) is 7.68. The molecule has 8 heteroatoms. The first-order chi connectivity index (χ1) is 11.3. The number of nitrogens with zero attached hydrogens (tertiary/aromatic N) is 1. The third-order valence-corrected chi connectivity index (χ3v) is 3.91. The number of alkyl halides is 3. The first-order valence-corrected chi connectivity index (χ1v) is 7.68. The summed E-state index contributed by atoms with van der Waals surface area (Å²) in [6, 6.07) is 3.78. The van der Waals surface area contributed by atoms with Gasteiger partial charge in [-0.2, -0.15) is 13.2 Å². The van der Waals surface area contributed by atoms with E-state index < -0.39 is 24.2 Å². The van der Waals surface area contributed by atoms with Gasteiger partial charge in [-0.3, -0.25) is 4.79 Å². The molecule has 2 rings (SSSR count). The molecule has 1 fully saturated rings. The summed E-state index contributed by atoms with van der Waals surface area (Å²) in [6.07, 6.45) is -4.38. The summed E-state index contributed by atoms with van der Waals surface area (Å²) < 4.78 is 49.7. The highest BCUT2D eigenvalue weighted by Gasteiger charge is 2.47. The molecule has 1 aliphatic rings. The van der Waals surface area contributed by atoms with Gasteiger partial charge in [-0.1, -0.05) is 0 Å². The van der Waals surface area contributed by atoms with Crippen LogP contribution in [0, 0.1) is 0 Å². The zero-order valence-corrected chi connectivity index (χ0v) is 13.4. The predicted octanol–water partition coefficient (Wildman–Crippen LogP) is 2.21. The number of nitrogens with two attached hydrogens (primary N) is 1. The molecule has 1 heterocycles. The van der Waals surface area contributed by atoms with Crippen molar-refractivity contribution in [3.8, 4) is 5.75 Å². The zero-order valence-electron chi connectivity index (χ0n) is 13.4. The number of methoxy groups -OCH3 is 1. The first kappa shape index (κ1) is 18.5. The number of rotatable bonds is 5. The third kappa shape index (κ3) is 4.61. The molecule has 2 N–H and O–H groups in total. The van der Waals surface area contributed by atoms with E-state index in [9.17, 15) is 18.0 Å². The van der Waals surface area contributed by atoms with Gasteiger partial charge in [0.1, 0.15) is 18.4 Å². The minimum atomic E-state index is -4.46. The minimum absolute atomic E-state index is 0.102. The summed E-state index contributed by atoms with van der Waals surface area (Å²) >= 11 is 0. The smallest absolute Gasteiger partial charge is 0.408 e. The molecule has 24 heavy (non-hydrogen) atoms. The van der Waals surface area contributed by atoms with Gasteiger partial charge in [0, 0.05) is 25.3 Å². The number of amides is 1. The summed E-state index contributed by atoms with van der Waals surface area (Å²) in [5.41, 5.74) is 5.92. The third-order valence-electron chi connectivity index (χ3n) is 3.91. The molecule has 5 nitrogen and oxygen atoms in total. The fourth-order valence-electron chi connectivity index (χ4n) is 2.67. The Labute approximate surface area is 138 Å². The number of piperidine rings is 1. The molecule has 1 aliphatic heterocycles. The molecule has 0 unspecified atom stereocenters. The molecule has 2 atom stereocenters. The lowest BCUT2D eigenvalue weighted by atomic mass is 9.97. The van der Waals surface area contributed by atoms with Crippen LogP contribution in [0.25, 0.3) is 0 Å². The minimum Gasteiger partial charge on any atom is -0.491 e. The van der Waals surface area contributed by atoms with Gasteiger partial charge in [-0.25, -0.2) is 0 Å². The molecule has 0 spiro atoms. The number of carbonyl (C=O) groups is 1. The monoisotopic (exact) mass is 346 g/mol. The molecule has 0 aliphatic carbocycles. The van der Waals surface area contributed by atoms with Crippen LogP contribution in [0.2, 0.25) is 0 Å². The van der Waals surface area contributed by atoms with Crippen LogP contribution >= 0.6 is 0 Å². The van der Waals surface area contributed by atoms with Crippen LogP contribution in [0.5, 0.6) is 5.75 Å². The van der Waals surface area contributed by atoms with Crippen molar-refractivity contribution >= 4 is 5.91 Å². The van der Waals surface area contributed by atoms with Crippen molar-refractivity contribution in [3.05, 3.63) is 29.8 Å². The van der Waals surface area contributed by atoms with Gasteiger partial charge >= 0.3 is 6.18 Å². The van der Waals surface area contributed by atoms with Gasteiger partial charge in [0.15, 0.2) is 0 Å². The number of benzene rings is 1. The lowest BCUT2D eigenvalue weighted by Gasteiger charge is -2.39. The number of ether oxygens (including phenoxy) is 2. The van der Waals surface area contributed by atoms with Crippen molar-refractivity contribution in [2.24, 2.45) is 5.73 Å². The van der Waals surface area contributed by atoms with Gasteiger partial charge in [0.2, 0.25) is 0 Å². The van der Waals surface area contributed by atoms with Crippen molar-refractivity contribution in [1.29, 1.82) is 0 Å². The van der Waals surface area contributed by atoms with E-state index in [1.54, 1.807) is 19.2 Å². The molecule has 1 amide bonds. The fraction of sp³-hybridized carbons (Fsp3) is 0.562. The van der Waals surface area contributed by atoms with Crippen molar-refractivity contribution in [1.82, 2.24) is 4.90 Å². The second kappa shape index (κ2) is 7.85. The van der Waals surface area contributed by atoms with Crippen LogP contribution in [0.15, 0.2) is 24.3 Å². The van der Waals surface area contributed by atoms with Gasteiger partial charge in [-0.15, -0.1) is 0 Å². The standard InChI is InChI=1S/C16H21F3N2O3/c1-23-8-9-24-13-5-2-11(3-6-13)15(22)21-10-12(20)4-7-14(21)16(17,18)19/h2-3,5-6,12,14H,4,7-10,20H2,1H3/t12-,14-/m0/s1. The maximum absolute atomic E-state index is 13.2. The van der Waals surface area contributed by atoms with Crippen molar-refractivity contribution in [2.45, 2.75) is 31.1 Å². The Balaban J connectivity index is 2.10. The number of halogens is 3. The molecular formula is C16H21F3N2O3. The summed E-state index contributed by atoms with van der Waals surface area (Å²) in [7, 11) is 1.55. The predicted molar refractivity (Wildman–Crippen MR) is 81.9 cm³/mol. The van der Waals surface area contributed by atoms with E-state index in [0.717, 1.165) is 4.90 Å². The summed E-state index contributed by atoms with van der Waals surface area (Å²) in [4.78, 5) is 13.3. The largest absolute Gasteiger partial charge is 0.491 e. The molecule has 1 aromatic rings. The van der Waals surface area contributed by atoms with E-state index >= 15 is 0 Å². The Bertz CT molecular complexity index is 548. The molecule has 1 saturated heterocycles. The van der Waals surface area contributed by atoms with Crippen LogP contribution in [0.3, 0.4) is 0 Å². The lowest BCUT2D eigenvalue weighted by Crippen LogP contribution is -2.56. The average molecular weight is 346 g/mol. The maximum Gasteiger partial charge on any atom is 0.408 e. The fourth-order valence-corrected chi connectivity index (χ4v) is 2.67. The van der Waals surface area contributed by atoms with Crippen LogP contribution in [0.1, 0.15) is 23.2 Å². The normalized spacial score (nSPS) is 21.6. The number of carbonyl (C=O) groups excluding carboxylic acids is 1. The molecule has 0 radical (unpaired) electrons. The molecule has 0 aromatic heterocycles. The van der Waals surface area contributed by atoms with Crippen LogP contribution < -0.4 is 10.5 Å². The zero-order chi connectivity index (χ0) is 17.7. The molecule has 0 saturated carbocycles. The van der Waals surface area contributed by atoms with Crippen molar-refractivity contribution < 1.29 is 27.4 Å². The van der Waals surface area contributed by atoms with E-state index in [1.165, 1.54) is 12.1 Å².